The van der Waals surface area contributed by atoms with Crippen LogP contribution in [0.4, 0.5) is 0 Å². The van der Waals surface area contributed by atoms with E-state index >= 15 is 0 Å². The fourth-order valence-electron chi connectivity index (χ4n) is 2.03. The molecule has 2 aromatic carbocycles. The third-order valence-electron chi connectivity index (χ3n) is 3.18. The largest absolute Gasteiger partial charge is 0.462 e. The second-order valence-corrected chi connectivity index (χ2v) is 5.87. The number of rotatable bonds is 7. The lowest BCUT2D eigenvalue weighted by Crippen LogP contribution is -2.04. The van der Waals surface area contributed by atoms with Gasteiger partial charge < -0.3 is 9.84 Å². The third-order valence-corrected chi connectivity index (χ3v) is 4.26. The van der Waals surface area contributed by atoms with Crippen molar-refractivity contribution in [1.82, 2.24) is 0 Å². The van der Waals surface area contributed by atoms with E-state index in [0.29, 0.717) is 12.2 Å². The van der Waals surface area contributed by atoms with E-state index in [1.54, 1.807) is 24.8 Å². The van der Waals surface area contributed by atoms with Gasteiger partial charge in [0.15, 0.2) is 0 Å². The van der Waals surface area contributed by atoms with Crippen molar-refractivity contribution in [1.29, 1.82) is 0 Å². The normalized spacial score (nSPS) is 10.5. The minimum atomic E-state index is -0.269. The van der Waals surface area contributed by atoms with Crippen LogP contribution in [0.2, 0.25) is 0 Å². The lowest BCUT2D eigenvalue weighted by atomic mass is 10.1. The zero-order chi connectivity index (χ0) is 15.8. The number of hydrogen-bond donors (Lipinski definition) is 1. The predicted octanol–water partition coefficient (Wildman–Crippen LogP) is 3.79. The van der Waals surface area contributed by atoms with E-state index in [1.165, 1.54) is 5.56 Å². The number of hydrogen-bond acceptors (Lipinski definition) is 4. The summed E-state index contributed by atoms with van der Waals surface area (Å²) in [5.74, 6) is 1.47. The van der Waals surface area contributed by atoms with Gasteiger partial charge in [0.05, 0.1) is 18.8 Å². The highest BCUT2D eigenvalue weighted by atomic mass is 32.2. The van der Waals surface area contributed by atoms with Gasteiger partial charge in [-0.2, -0.15) is 11.8 Å². The van der Waals surface area contributed by atoms with Crippen LogP contribution < -0.4 is 0 Å². The summed E-state index contributed by atoms with van der Waals surface area (Å²) in [5.41, 5.74) is 3.87. The highest BCUT2D eigenvalue weighted by Crippen LogP contribution is 2.19. The van der Waals surface area contributed by atoms with Crippen LogP contribution in [-0.4, -0.2) is 17.7 Å². The molecular formula is C18H20O3S. The molecule has 0 aliphatic heterocycles. The number of carbonyl (C=O) groups excluding carboxylic acids is 1. The Morgan fingerprint density at radius 3 is 2.41 bits per heavy atom. The van der Waals surface area contributed by atoms with Crippen molar-refractivity contribution in [3.8, 4) is 0 Å². The van der Waals surface area contributed by atoms with Gasteiger partial charge in [0.25, 0.3) is 0 Å². The van der Waals surface area contributed by atoms with Crippen LogP contribution in [0.1, 0.15) is 34.0 Å². The minimum Gasteiger partial charge on any atom is -0.462 e. The Morgan fingerprint density at radius 1 is 1.05 bits per heavy atom. The number of ether oxygens (including phenoxy) is 1. The molecule has 22 heavy (non-hydrogen) atoms. The summed E-state index contributed by atoms with van der Waals surface area (Å²) in [4.78, 5) is 11.7. The molecule has 1 N–H and O–H groups in total. The Morgan fingerprint density at radius 2 is 1.73 bits per heavy atom. The average molecular weight is 316 g/mol. The van der Waals surface area contributed by atoms with Gasteiger partial charge in [-0.05, 0) is 35.7 Å². The van der Waals surface area contributed by atoms with Crippen molar-refractivity contribution in [3.05, 3.63) is 70.8 Å². The standard InChI is InChI=1S/C18H20O3S/c1-2-21-18(20)17-5-3-4-16(10-17)13-22-12-15-8-6-14(11-19)7-9-15/h3-10,19H,2,11-13H2,1H3. The van der Waals surface area contributed by atoms with Crippen molar-refractivity contribution >= 4 is 17.7 Å². The second-order valence-electron chi connectivity index (χ2n) is 4.89. The highest BCUT2D eigenvalue weighted by Gasteiger charge is 2.06. The van der Waals surface area contributed by atoms with Crippen LogP contribution in [0.15, 0.2) is 48.5 Å². The molecule has 0 radical (unpaired) electrons. The lowest BCUT2D eigenvalue weighted by Gasteiger charge is -2.06. The van der Waals surface area contributed by atoms with E-state index in [4.69, 9.17) is 9.84 Å². The van der Waals surface area contributed by atoms with Crippen molar-refractivity contribution in [2.24, 2.45) is 0 Å². The highest BCUT2D eigenvalue weighted by molar-refractivity contribution is 7.97. The molecule has 0 aliphatic rings. The summed E-state index contributed by atoms with van der Waals surface area (Å²) in [6, 6.07) is 15.5. The second kappa shape index (κ2) is 8.61. The molecule has 116 valence electrons. The predicted molar refractivity (Wildman–Crippen MR) is 89.8 cm³/mol. The van der Waals surface area contributed by atoms with Crippen LogP contribution in [0.5, 0.6) is 0 Å². The Bertz CT molecular complexity index is 608. The van der Waals surface area contributed by atoms with Crippen LogP contribution >= 0.6 is 11.8 Å². The fourth-order valence-corrected chi connectivity index (χ4v) is 2.98. The summed E-state index contributed by atoms with van der Waals surface area (Å²) in [6.07, 6.45) is 0. The first-order valence-electron chi connectivity index (χ1n) is 7.25. The van der Waals surface area contributed by atoms with Gasteiger partial charge in [-0.15, -0.1) is 0 Å². The van der Waals surface area contributed by atoms with Gasteiger partial charge in [-0.1, -0.05) is 36.4 Å². The lowest BCUT2D eigenvalue weighted by molar-refractivity contribution is 0.0526. The fraction of sp³-hybridized carbons (Fsp3) is 0.278. The monoisotopic (exact) mass is 316 g/mol. The molecular weight excluding hydrogens is 296 g/mol. The van der Waals surface area contributed by atoms with E-state index in [2.05, 4.69) is 0 Å². The first-order valence-corrected chi connectivity index (χ1v) is 8.41. The maximum atomic E-state index is 11.7. The molecule has 2 rings (SSSR count). The van der Waals surface area contributed by atoms with Crippen LogP contribution in [0.25, 0.3) is 0 Å². The number of esters is 1. The third kappa shape index (κ3) is 4.90. The summed E-state index contributed by atoms with van der Waals surface area (Å²) >= 11 is 1.79. The molecule has 3 nitrogen and oxygen atoms in total. The SMILES string of the molecule is CCOC(=O)c1cccc(CSCc2ccc(CO)cc2)c1. The zero-order valence-electron chi connectivity index (χ0n) is 12.6. The molecule has 0 unspecified atom stereocenters. The molecule has 2 aromatic rings. The van der Waals surface area contributed by atoms with E-state index in [0.717, 1.165) is 22.6 Å². The molecule has 0 bridgehead atoms. The zero-order valence-corrected chi connectivity index (χ0v) is 13.4. The Labute approximate surface area is 135 Å². The van der Waals surface area contributed by atoms with Gasteiger partial charge in [-0.3, -0.25) is 0 Å². The molecule has 0 atom stereocenters. The Hall–Kier alpha value is -1.78. The molecule has 0 aliphatic carbocycles. The maximum Gasteiger partial charge on any atom is 0.338 e. The minimum absolute atomic E-state index is 0.0775. The number of thioether (sulfide) groups is 1. The Kier molecular flexibility index (Phi) is 6.49. The van der Waals surface area contributed by atoms with E-state index < -0.39 is 0 Å². The molecule has 0 aromatic heterocycles. The van der Waals surface area contributed by atoms with Crippen molar-refractivity contribution in [3.63, 3.8) is 0 Å². The van der Waals surface area contributed by atoms with Crippen molar-refractivity contribution < 1.29 is 14.6 Å². The van der Waals surface area contributed by atoms with Crippen molar-refractivity contribution in [2.45, 2.75) is 25.0 Å². The summed E-state index contributed by atoms with van der Waals surface area (Å²) < 4.78 is 5.01. The summed E-state index contributed by atoms with van der Waals surface area (Å²) in [5, 5.41) is 9.02. The molecule has 4 heteroatoms. The Balaban J connectivity index is 1.88. The van der Waals surface area contributed by atoms with Crippen LogP contribution in [-0.2, 0) is 22.8 Å². The van der Waals surface area contributed by atoms with Crippen LogP contribution in [0, 0.1) is 0 Å². The summed E-state index contributed by atoms with van der Waals surface area (Å²) in [6.45, 7) is 2.27. The number of aliphatic hydroxyl groups is 1. The van der Waals surface area contributed by atoms with Gasteiger partial charge in [0.2, 0.25) is 0 Å². The van der Waals surface area contributed by atoms with Gasteiger partial charge in [0, 0.05) is 11.5 Å². The molecule has 0 fully saturated rings. The molecule has 0 saturated carbocycles. The smallest absolute Gasteiger partial charge is 0.338 e. The number of benzene rings is 2. The molecule has 0 spiro atoms. The number of aliphatic hydroxyl groups excluding tert-OH is 1. The van der Waals surface area contributed by atoms with E-state index in [1.807, 2.05) is 42.5 Å². The first kappa shape index (κ1) is 16.6. The quantitative estimate of drug-likeness (QED) is 0.790. The van der Waals surface area contributed by atoms with Gasteiger partial charge >= 0.3 is 5.97 Å². The molecule has 0 amide bonds. The summed E-state index contributed by atoms with van der Waals surface area (Å²) in [7, 11) is 0. The molecule has 0 heterocycles. The van der Waals surface area contributed by atoms with Gasteiger partial charge in [0.1, 0.15) is 0 Å². The van der Waals surface area contributed by atoms with Gasteiger partial charge in [-0.25, -0.2) is 4.79 Å². The van der Waals surface area contributed by atoms with Crippen molar-refractivity contribution in [2.75, 3.05) is 6.61 Å². The average Bonchev–Trinajstić information content (AvgIpc) is 2.56. The number of carbonyl (C=O) groups is 1. The van der Waals surface area contributed by atoms with Crippen LogP contribution in [0.3, 0.4) is 0 Å². The topological polar surface area (TPSA) is 46.5 Å². The van der Waals surface area contributed by atoms with E-state index in [-0.39, 0.29) is 12.6 Å². The first-order chi connectivity index (χ1) is 10.7. The van der Waals surface area contributed by atoms with E-state index in [9.17, 15) is 4.79 Å². The molecule has 0 saturated heterocycles. The maximum absolute atomic E-state index is 11.7.